The summed E-state index contributed by atoms with van der Waals surface area (Å²) < 4.78 is 1.67. The summed E-state index contributed by atoms with van der Waals surface area (Å²) >= 11 is 6.13. The number of nitrogens with one attached hydrogen (secondary N) is 1. The lowest BCUT2D eigenvalue weighted by Crippen LogP contribution is -2.18. The molecule has 0 spiro atoms. The van der Waals surface area contributed by atoms with Gasteiger partial charge >= 0.3 is 5.97 Å². The summed E-state index contributed by atoms with van der Waals surface area (Å²) in [5.74, 6) is -2.55. The molecule has 1 aromatic heterocycles. The van der Waals surface area contributed by atoms with E-state index in [0.717, 1.165) is 5.69 Å². The van der Waals surface area contributed by atoms with Crippen LogP contribution in [0.3, 0.4) is 0 Å². The number of aliphatic carboxylic acids is 1. The Bertz CT molecular complexity index is 773. The predicted molar refractivity (Wildman–Crippen MR) is 83.4 cm³/mol. The van der Waals surface area contributed by atoms with Crippen LogP contribution < -0.4 is 5.32 Å². The highest BCUT2D eigenvalue weighted by molar-refractivity contribution is 6.33. The molecule has 0 unspecified atom stereocenters. The van der Waals surface area contributed by atoms with Crippen LogP contribution in [0.25, 0.3) is 5.69 Å². The minimum atomic E-state index is -0.959. The predicted octanol–water partition coefficient (Wildman–Crippen LogP) is 2.22. The minimum absolute atomic E-state index is 0.342. The van der Waals surface area contributed by atoms with E-state index in [9.17, 15) is 14.7 Å². The Labute approximate surface area is 137 Å². The van der Waals surface area contributed by atoms with Crippen molar-refractivity contribution < 1.29 is 14.7 Å². The van der Waals surface area contributed by atoms with E-state index in [0.29, 0.717) is 10.7 Å². The normalized spacial score (nSPS) is 21.7. The first-order chi connectivity index (χ1) is 10.8. The molecule has 2 atom stereocenters. The quantitative estimate of drug-likeness (QED) is 0.893. The molecule has 1 fully saturated rings. The van der Waals surface area contributed by atoms with Crippen molar-refractivity contribution in [3.63, 3.8) is 0 Å². The van der Waals surface area contributed by atoms with Gasteiger partial charge in [-0.3, -0.25) is 14.2 Å². The molecule has 0 radical (unpaired) electrons. The molecule has 1 aliphatic carbocycles. The van der Waals surface area contributed by atoms with Crippen LogP contribution in [0.15, 0.2) is 30.9 Å². The number of rotatable bonds is 4. The molecule has 1 aromatic carbocycles. The fraction of sp³-hybridized carbons (Fsp3) is 0.333. The lowest BCUT2D eigenvalue weighted by atomic mass is 10.1. The van der Waals surface area contributed by atoms with Crippen LogP contribution in [0, 0.1) is 17.3 Å². The van der Waals surface area contributed by atoms with Crippen molar-refractivity contribution in [3.8, 4) is 5.69 Å². The third-order valence-electron chi connectivity index (χ3n) is 4.30. The highest BCUT2D eigenvalue weighted by atomic mass is 35.5. The van der Waals surface area contributed by atoms with Gasteiger partial charge in [-0.2, -0.15) is 0 Å². The van der Waals surface area contributed by atoms with E-state index in [4.69, 9.17) is 11.6 Å². The third-order valence-corrected chi connectivity index (χ3v) is 4.63. The van der Waals surface area contributed by atoms with Crippen LogP contribution in [0.2, 0.25) is 5.02 Å². The average Bonchev–Trinajstić information content (AvgIpc) is 2.86. The number of benzene rings is 1. The molecule has 1 amide bonds. The molecule has 1 saturated carbocycles. The molecule has 7 nitrogen and oxygen atoms in total. The third kappa shape index (κ3) is 2.68. The van der Waals surface area contributed by atoms with Gasteiger partial charge in [0, 0.05) is 0 Å². The number of carbonyl (C=O) groups excluding carboxylic acids is 1. The van der Waals surface area contributed by atoms with E-state index in [1.807, 2.05) is 0 Å². The van der Waals surface area contributed by atoms with Crippen molar-refractivity contribution in [1.82, 2.24) is 14.8 Å². The molecule has 1 heterocycles. The maximum Gasteiger partial charge on any atom is 0.307 e. The van der Waals surface area contributed by atoms with Crippen LogP contribution in [0.5, 0.6) is 0 Å². The van der Waals surface area contributed by atoms with Crippen LogP contribution >= 0.6 is 11.6 Å². The summed E-state index contributed by atoms with van der Waals surface area (Å²) in [5.41, 5.74) is 0.600. The van der Waals surface area contributed by atoms with Gasteiger partial charge in [0.1, 0.15) is 12.7 Å². The van der Waals surface area contributed by atoms with Gasteiger partial charge in [0.25, 0.3) is 0 Å². The van der Waals surface area contributed by atoms with Crippen molar-refractivity contribution in [3.05, 3.63) is 35.9 Å². The zero-order valence-electron chi connectivity index (χ0n) is 12.5. The Hall–Kier alpha value is -2.41. The van der Waals surface area contributed by atoms with Gasteiger partial charge in [-0.15, -0.1) is 10.2 Å². The maximum absolute atomic E-state index is 12.4. The fourth-order valence-electron chi connectivity index (χ4n) is 2.90. The Morgan fingerprint density at radius 3 is 2.48 bits per heavy atom. The fourth-order valence-corrected chi connectivity index (χ4v) is 3.07. The summed E-state index contributed by atoms with van der Waals surface area (Å²) in [6.45, 7) is 3.54. The summed E-state index contributed by atoms with van der Waals surface area (Å²) in [6, 6.07) is 5.11. The van der Waals surface area contributed by atoms with E-state index >= 15 is 0 Å². The molecule has 23 heavy (non-hydrogen) atoms. The first kappa shape index (κ1) is 15.5. The molecular weight excluding hydrogens is 320 g/mol. The number of hydrogen-bond donors (Lipinski definition) is 2. The van der Waals surface area contributed by atoms with Crippen LogP contribution in [-0.4, -0.2) is 31.7 Å². The van der Waals surface area contributed by atoms with Gasteiger partial charge in [-0.25, -0.2) is 0 Å². The number of aromatic nitrogens is 3. The van der Waals surface area contributed by atoms with Gasteiger partial charge in [0.05, 0.1) is 28.2 Å². The molecule has 0 saturated heterocycles. The number of nitrogens with zero attached hydrogens (tertiary/aromatic N) is 3. The van der Waals surface area contributed by atoms with Gasteiger partial charge < -0.3 is 10.4 Å². The van der Waals surface area contributed by atoms with Crippen LogP contribution in [0.1, 0.15) is 13.8 Å². The lowest BCUT2D eigenvalue weighted by Gasteiger charge is -2.10. The number of amides is 1. The molecule has 2 aromatic rings. The van der Waals surface area contributed by atoms with Crippen molar-refractivity contribution in [2.75, 3.05) is 5.32 Å². The Morgan fingerprint density at radius 1 is 1.26 bits per heavy atom. The number of carbonyl (C=O) groups is 2. The molecule has 1 aliphatic rings. The second-order valence-corrected chi connectivity index (χ2v) is 6.54. The monoisotopic (exact) mass is 334 g/mol. The first-order valence-corrected chi connectivity index (χ1v) is 7.38. The summed E-state index contributed by atoms with van der Waals surface area (Å²) in [7, 11) is 0. The number of carboxylic acids is 1. The van der Waals surface area contributed by atoms with Crippen molar-refractivity contribution in [2.45, 2.75) is 13.8 Å². The maximum atomic E-state index is 12.4. The zero-order chi connectivity index (χ0) is 16.8. The van der Waals surface area contributed by atoms with E-state index in [-0.39, 0.29) is 5.91 Å². The number of halogens is 1. The van der Waals surface area contributed by atoms with E-state index in [1.54, 1.807) is 36.6 Å². The SMILES string of the molecule is CC1(C)[C@@H](C(=O)O)[C@@H]1C(=O)Nc1cc(-n2cnnc2)ccc1Cl. The van der Waals surface area contributed by atoms with Gasteiger partial charge in [0.15, 0.2) is 0 Å². The van der Waals surface area contributed by atoms with E-state index < -0.39 is 23.2 Å². The smallest absolute Gasteiger partial charge is 0.307 e. The molecule has 120 valence electrons. The van der Waals surface area contributed by atoms with Crippen molar-refractivity contribution >= 4 is 29.2 Å². The lowest BCUT2D eigenvalue weighted by molar-refractivity contribution is -0.140. The summed E-state index contributed by atoms with van der Waals surface area (Å²) in [6.07, 6.45) is 3.05. The number of carboxylic acid groups (broad SMARTS) is 1. The standard InChI is InChI=1S/C15H15ClN4O3/c1-15(2)11(12(15)14(22)23)13(21)19-10-5-8(3-4-9(10)16)20-6-17-18-7-20/h3-7,11-12H,1-2H3,(H,19,21)(H,22,23)/t11-,12-/m1/s1. The van der Waals surface area contributed by atoms with E-state index in [1.165, 1.54) is 12.7 Å². The second-order valence-electron chi connectivity index (χ2n) is 6.14. The minimum Gasteiger partial charge on any atom is -0.481 e. The highest BCUT2D eigenvalue weighted by Gasteiger charge is 2.65. The van der Waals surface area contributed by atoms with Crippen LogP contribution in [0.4, 0.5) is 5.69 Å². The Morgan fingerprint density at radius 2 is 1.91 bits per heavy atom. The zero-order valence-corrected chi connectivity index (χ0v) is 13.3. The summed E-state index contributed by atoms with van der Waals surface area (Å²) in [5, 5.41) is 19.7. The molecule has 0 aliphatic heterocycles. The summed E-state index contributed by atoms with van der Waals surface area (Å²) in [4.78, 5) is 23.6. The Kier molecular flexibility index (Phi) is 3.60. The van der Waals surface area contributed by atoms with Gasteiger partial charge in [0.2, 0.25) is 5.91 Å². The topological polar surface area (TPSA) is 97.1 Å². The largest absolute Gasteiger partial charge is 0.481 e. The van der Waals surface area contributed by atoms with Crippen molar-refractivity contribution in [1.29, 1.82) is 0 Å². The van der Waals surface area contributed by atoms with Crippen molar-refractivity contribution in [2.24, 2.45) is 17.3 Å². The molecule has 8 heteroatoms. The second kappa shape index (κ2) is 5.34. The molecular formula is C15H15ClN4O3. The average molecular weight is 335 g/mol. The number of hydrogen-bond acceptors (Lipinski definition) is 4. The van der Waals surface area contributed by atoms with Crippen LogP contribution in [-0.2, 0) is 9.59 Å². The molecule has 2 N–H and O–H groups in total. The molecule has 3 rings (SSSR count). The highest BCUT2D eigenvalue weighted by Crippen LogP contribution is 2.58. The van der Waals surface area contributed by atoms with Gasteiger partial charge in [-0.05, 0) is 23.6 Å². The molecule has 0 bridgehead atoms. The first-order valence-electron chi connectivity index (χ1n) is 7.00. The van der Waals surface area contributed by atoms with Gasteiger partial charge in [-0.1, -0.05) is 25.4 Å². The number of anilines is 1. The Balaban J connectivity index is 1.82. The van der Waals surface area contributed by atoms with E-state index in [2.05, 4.69) is 15.5 Å².